The fourth-order valence-corrected chi connectivity index (χ4v) is 4.90. The zero-order valence-corrected chi connectivity index (χ0v) is 26.5. The van der Waals surface area contributed by atoms with E-state index >= 15 is 0 Å². The Morgan fingerprint density at radius 3 is 1.80 bits per heavy atom. The lowest BCUT2D eigenvalue weighted by molar-refractivity contribution is -0.140. The summed E-state index contributed by atoms with van der Waals surface area (Å²) in [6, 6.07) is 0. The number of imidazole rings is 1. The van der Waals surface area contributed by atoms with E-state index < -0.39 is 36.1 Å². The second-order valence-electron chi connectivity index (χ2n) is 11.6. The topological polar surface area (TPSA) is 217 Å². The highest BCUT2D eigenvalue weighted by Gasteiger charge is 2.37. The summed E-state index contributed by atoms with van der Waals surface area (Å²) >= 11 is 6.12. The largest absolute Gasteiger partial charge is 0.503 e. The smallest absolute Gasteiger partial charge is 0.450 e. The van der Waals surface area contributed by atoms with Gasteiger partial charge >= 0.3 is 18.5 Å². The summed E-state index contributed by atoms with van der Waals surface area (Å²) in [5.41, 5.74) is -0.565. The quantitative estimate of drug-likeness (QED) is 0.272. The minimum Gasteiger partial charge on any atom is -0.450 e. The van der Waals surface area contributed by atoms with Crippen LogP contribution in [0.3, 0.4) is 0 Å². The van der Waals surface area contributed by atoms with Gasteiger partial charge in [0.05, 0.1) is 18.8 Å². The first kappa shape index (κ1) is 37.7. The van der Waals surface area contributed by atoms with Crippen LogP contribution in [-0.2, 0) is 11.3 Å². The fourth-order valence-electron chi connectivity index (χ4n) is 4.67. The molecule has 4 rings (SSSR count). The van der Waals surface area contributed by atoms with Gasteiger partial charge in [-0.05, 0) is 53.1 Å². The number of rotatable bonds is 4. The van der Waals surface area contributed by atoms with Crippen LogP contribution < -0.4 is 4.90 Å². The summed E-state index contributed by atoms with van der Waals surface area (Å²) in [6.07, 6.45) is -5.43. The van der Waals surface area contributed by atoms with Crippen LogP contribution in [0.25, 0.3) is 22.6 Å². The van der Waals surface area contributed by atoms with Gasteiger partial charge in [0.1, 0.15) is 6.54 Å². The molecular formula is C26H34ClF3N8O8. The van der Waals surface area contributed by atoms with E-state index in [9.17, 15) is 18.0 Å². The average Bonchev–Trinajstić information content (AvgIpc) is 3.20. The van der Waals surface area contributed by atoms with Crippen LogP contribution >= 0.6 is 11.6 Å². The third-order valence-electron chi connectivity index (χ3n) is 5.82. The highest BCUT2D eigenvalue weighted by Crippen LogP contribution is 2.32. The van der Waals surface area contributed by atoms with E-state index in [2.05, 4.69) is 24.9 Å². The van der Waals surface area contributed by atoms with E-state index in [1.165, 1.54) is 12.4 Å². The first-order valence-electron chi connectivity index (χ1n) is 13.4. The standard InChI is InChI=1S/C24H30ClF3N8O2.2CH2O3/c1-22(2,3)36(23(4,5)6)20(37)17-29-11-14(12-30-17)16-32-18(34-7-9-38-10-8-34)15-19(33-16)35(21(25)31-15)13-24(26,27)28;2*2-1(3)4/h11-12H,7-10,13H2,1-6H3;2*(H2,2,3,4). The summed E-state index contributed by atoms with van der Waals surface area (Å²) in [5, 5.41) is 27.5. The van der Waals surface area contributed by atoms with Crippen molar-refractivity contribution in [3.05, 3.63) is 23.5 Å². The van der Waals surface area contributed by atoms with Gasteiger partial charge in [0, 0.05) is 36.6 Å². The van der Waals surface area contributed by atoms with Crippen LogP contribution in [0.1, 0.15) is 52.2 Å². The monoisotopic (exact) mass is 678 g/mol. The summed E-state index contributed by atoms with van der Waals surface area (Å²) in [5.74, 6) is 0.0552. The predicted molar refractivity (Wildman–Crippen MR) is 157 cm³/mol. The van der Waals surface area contributed by atoms with Crippen LogP contribution in [0.2, 0.25) is 5.28 Å². The first-order valence-corrected chi connectivity index (χ1v) is 13.7. The van der Waals surface area contributed by atoms with Gasteiger partial charge in [-0.2, -0.15) is 13.2 Å². The molecule has 1 aliphatic heterocycles. The van der Waals surface area contributed by atoms with Crippen LogP contribution in [-0.4, -0.2) is 117 Å². The Morgan fingerprint density at radius 1 is 0.891 bits per heavy atom. The van der Waals surface area contributed by atoms with Crippen molar-refractivity contribution in [1.29, 1.82) is 0 Å². The molecule has 0 aliphatic carbocycles. The van der Waals surface area contributed by atoms with Gasteiger partial charge in [0.15, 0.2) is 22.8 Å². The Balaban J connectivity index is 0.000000825. The molecule has 0 saturated carbocycles. The first-order chi connectivity index (χ1) is 21.0. The Bertz CT molecular complexity index is 1500. The Kier molecular flexibility index (Phi) is 12.0. The third-order valence-corrected chi connectivity index (χ3v) is 6.11. The van der Waals surface area contributed by atoms with E-state index in [1.807, 2.05) is 46.4 Å². The number of amides is 1. The minimum absolute atomic E-state index is 0.0155. The molecule has 0 unspecified atom stereocenters. The second kappa shape index (κ2) is 14.7. The molecule has 0 aromatic carbocycles. The van der Waals surface area contributed by atoms with Crippen LogP contribution in [0, 0.1) is 0 Å². The van der Waals surface area contributed by atoms with Crippen LogP contribution in [0.15, 0.2) is 12.4 Å². The molecular weight excluding hydrogens is 645 g/mol. The maximum absolute atomic E-state index is 13.3. The lowest BCUT2D eigenvalue weighted by Crippen LogP contribution is -2.56. The van der Waals surface area contributed by atoms with Gasteiger partial charge in [-0.1, -0.05) is 0 Å². The Morgan fingerprint density at radius 2 is 1.37 bits per heavy atom. The summed E-state index contributed by atoms with van der Waals surface area (Å²) in [7, 11) is 0. The highest BCUT2D eigenvalue weighted by atomic mass is 35.5. The predicted octanol–water partition coefficient (Wildman–Crippen LogP) is 4.82. The number of carboxylic acid groups (broad SMARTS) is 4. The van der Waals surface area contributed by atoms with E-state index in [4.69, 9.17) is 46.4 Å². The molecule has 46 heavy (non-hydrogen) atoms. The molecule has 1 amide bonds. The Hall–Kier alpha value is -4.52. The minimum atomic E-state index is -4.54. The molecule has 3 aromatic heterocycles. The van der Waals surface area contributed by atoms with Crippen molar-refractivity contribution in [2.24, 2.45) is 0 Å². The maximum atomic E-state index is 13.3. The summed E-state index contributed by atoms with van der Waals surface area (Å²) in [6.45, 7) is 12.0. The molecule has 0 radical (unpaired) electrons. The van der Waals surface area contributed by atoms with Crippen LogP contribution in [0.5, 0.6) is 0 Å². The number of ether oxygens (including phenoxy) is 1. The summed E-state index contributed by atoms with van der Waals surface area (Å²) in [4.78, 5) is 55.6. The van der Waals surface area contributed by atoms with Crippen molar-refractivity contribution in [2.75, 3.05) is 31.2 Å². The van der Waals surface area contributed by atoms with Crippen molar-refractivity contribution in [1.82, 2.24) is 34.4 Å². The SMILES string of the molecule is CC(C)(C)N(C(=O)c1ncc(-c2nc(N3CCOCC3)c3nc(Cl)n(CC(F)(F)F)c3n2)cn1)C(C)(C)C.O=C(O)O.O=C(O)O. The van der Waals surface area contributed by atoms with Gasteiger partial charge in [-0.25, -0.2) is 34.5 Å². The molecule has 1 saturated heterocycles. The molecule has 20 heteroatoms. The van der Waals surface area contributed by atoms with E-state index in [0.29, 0.717) is 37.7 Å². The Labute approximate surface area is 265 Å². The van der Waals surface area contributed by atoms with Gasteiger partial charge in [-0.3, -0.25) is 9.36 Å². The lowest BCUT2D eigenvalue weighted by Gasteiger charge is -2.45. The number of aromatic nitrogens is 6. The molecule has 1 aliphatic rings. The van der Waals surface area contributed by atoms with Gasteiger partial charge in [-0.15, -0.1) is 0 Å². The van der Waals surface area contributed by atoms with Crippen molar-refractivity contribution in [2.45, 2.75) is 65.3 Å². The number of fused-ring (bicyclic) bond motifs is 1. The molecule has 16 nitrogen and oxygen atoms in total. The molecule has 3 aromatic rings. The number of anilines is 1. The molecule has 4 N–H and O–H groups in total. The van der Waals surface area contributed by atoms with Crippen molar-refractivity contribution in [3.8, 4) is 11.4 Å². The fraction of sp³-hybridized carbons (Fsp3) is 0.538. The molecule has 0 atom stereocenters. The van der Waals surface area contributed by atoms with Crippen LogP contribution in [0.4, 0.5) is 28.6 Å². The van der Waals surface area contributed by atoms with Crippen molar-refractivity contribution < 1.29 is 52.7 Å². The van der Waals surface area contributed by atoms with Gasteiger partial charge in [0.2, 0.25) is 11.1 Å². The number of hydrogen-bond donors (Lipinski definition) is 4. The maximum Gasteiger partial charge on any atom is 0.503 e. The van der Waals surface area contributed by atoms with Crippen molar-refractivity contribution >= 4 is 46.8 Å². The number of morpholine rings is 1. The molecule has 4 heterocycles. The van der Waals surface area contributed by atoms with Gasteiger partial charge in [0.25, 0.3) is 5.91 Å². The molecule has 1 fully saturated rings. The number of carbonyl (C=O) groups is 3. The van der Waals surface area contributed by atoms with Crippen molar-refractivity contribution in [3.63, 3.8) is 0 Å². The number of nitrogens with zero attached hydrogens (tertiary/aromatic N) is 8. The summed E-state index contributed by atoms with van der Waals surface area (Å²) < 4.78 is 46.2. The lowest BCUT2D eigenvalue weighted by atomic mass is 9.95. The zero-order chi connectivity index (χ0) is 35.2. The zero-order valence-electron chi connectivity index (χ0n) is 25.7. The number of hydrogen-bond acceptors (Lipinski definition) is 10. The molecule has 0 spiro atoms. The number of alkyl halides is 3. The van der Waals surface area contributed by atoms with E-state index in [0.717, 1.165) is 4.57 Å². The highest BCUT2D eigenvalue weighted by molar-refractivity contribution is 6.29. The van der Waals surface area contributed by atoms with Gasteiger partial charge < -0.3 is 35.0 Å². The number of carbonyl (C=O) groups excluding carboxylic acids is 1. The second-order valence-corrected chi connectivity index (χ2v) is 11.9. The third kappa shape index (κ3) is 10.5. The normalized spacial score (nSPS) is 13.7. The number of halogens is 4. The van der Waals surface area contributed by atoms with E-state index in [1.54, 1.807) is 4.90 Å². The average molecular weight is 679 g/mol. The molecule has 0 bridgehead atoms. The molecule has 254 valence electrons. The van der Waals surface area contributed by atoms with E-state index in [-0.39, 0.29) is 34.0 Å².